The third kappa shape index (κ3) is 4.97. The number of aliphatic hydroxyl groups is 1. The van der Waals surface area contributed by atoms with E-state index in [-0.39, 0.29) is 18.9 Å². The number of hydrogen-bond donors (Lipinski definition) is 2. The van der Waals surface area contributed by atoms with E-state index in [0.717, 1.165) is 43.1 Å². The standard InChI is InChI=1S/C20H23ClN2O3/c21-18-4-2-1-3-16(18)13-20(25)22-14-19(24)15-5-7-17(8-6-15)23-9-11-26-12-10-23/h1-8,19,24H,9-14H2,(H,22,25). The molecule has 0 bridgehead atoms. The van der Waals surface area contributed by atoms with Gasteiger partial charge in [0.2, 0.25) is 5.91 Å². The largest absolute Gasteiger partial charge is 0.387 e. The fourth-order valence-corrected chi connectivity index (χ4v) is 3.14. The molecular formula is C20H23ClN2O3. The summed E-state index contributed by atoms with van der Waals surface area (Å²) in [6.07, 6.45) is -0.550. The first-order chi connectivity index (χ1) is 12.6. The van der Waals surface area contributed by atoms with Crippen LogP contribution in [0, 0.1) is 0 Å². The van der Waals surface area contributed by atoms with Crippen molar-refractivity contribution >= 4 is 23.2 Å². The van der Waals surface area contributed by atoms with Gasteiger partial charge in [0.25, 0.3) is 0 Å². The van der Waals surface area contributed by atoms with E-state index in [2.05, 4.69) is 10.2 Å². The van der Waals surface area contributed by atoms with E-state index in [1.54, 1.807) is 6.07 Å². The summed E-state index contributed by atoms with van der Waals surface area (Å²) in [7, 11) is 0. The first-order valence-electron chi connectivity index (χ1n) is 8.74. The summed E-state index contributed by atoms with van der Waals surface area (Å²) in [6, 6.07) is 15.0. The number of carbonyl (C=O) groups excluding carboxylic acids is 1. The van der Waals surface area contributed by atoms with Crippen molar-refractivity contribution in [2.45, 2.75) is 12.5 Å². The van der Waals surface area contributed by atoms with Gasteiger partial charge in [-0.2, -0.15) is 0 Å². The fraction of sp³-hybridized carbons (Fsp3) is 0.350. The predicted octanol–water partition coefficient (Wildman–Crippen LogP) is 2.57. The molecule has 26 heavy (non-hydrogen) atoms. The second-order valence-electron chi connectivity index (χ2n) is 6.28. The average molecular weight is 375 g/mol. The molecular weight excluding hydrogens is 352 g/mol. The van der Waals surface area contributed by atoms with Gasteiger partial charge in [-0.15, -0.1) is 0 Å². The van der Waals surface area contributed by atoms with Crippen LogP contribution < -0.4 is 10.2 Å². The van der Waals surface area contributed by atoms with Gasteiger partial charge in [0.15, 0.2) is 0 Å². The maximum atomic E-state index is 12.1. The summed E-state index contributed by atoms with van der Waals surface area (Å²) in [4.78, 5) is 14.3. The molecule has 1 unspecified atom stereocenters. The van der Waals surface area contributed by atoms with E-state index < -0.39 is 6.10 Å². The summed E-state index contributed by atoms with van der Waals surface area (Å²) in [5.41, 5.74) is 2.67. The highest BCUT2D eigenvalue weighted by Crippen LogP contribution is 2.20. The van der Waals surface area contributed by atoms with Gasteiger partial charge in [-0.3, -0.25) is 4.79 Å². The molecule has 1 aliphatic heterocycles. The molecule has 1 saturated heterocycles. The summed E-state index contributed by atoms with van der Waals surface area (Å²) >= 11 is 6.06. The second kappa shape index (κ2) is 9.03. The van der Waals surface area contributed by atoms with Crippen LogP contribution in [0.2, 0.25) is 5.02 Å². The second-order valence-corrected chi connectivity index (χ2v) is 6.69. The molecule has 6 heteroatoms. The Hall–Kier alpha value is -2.08. The molecule has 1 amide bonds. The number of carbonyl (C=O) groups is 1. The Morgan fingerprint density at radius 1 is 1.15 bits per heavy atom. The van der Waals surface area contributed by atoms with Crippen molar-refractivity contribution in [2.75, 3.05) is 37.7 Å². The van der Waals surface area contributed by atoms with Crippen LogP contribution in [0.3, 0.4) is 0 Å². The smallest absolute Gasteiger partial charge is 0.224 e. The van der Waals surface area contributed by atoms with Gasteiger partial charge in [-0.05, 0) is 29.3 Å². The van der Waals surface area contributed by atoms with Crippen LogP contribution >= 0.6 is 11.6 Å². The summed E-state index contributed by atoms with van der Waals surface area (Å²) in [5.74, 6) is -0.165. The van der Waals surface area contributed by atoms with Gasteiger partial charge in [0.05, 0.1) is 25.7 Å². The first-order valence-corrected chi connectivity index (χ1v) is 9.12. The molecule has 2 aromatic rings. The SMILES string of the molecule is O=C(Cc1ccccc1Cl)NCC(O)c1ccc(N2CCOCC2)cc1. The Morgan fingerprint density at radius 3 is 2.54 bits per heavy atom. The molecule has 1 heterocycles. The zero-order valence-corrected chi connectivity index (χ0v) is 15.3. The first kappa shape index (κ1) is 18.7. The maximum absolute atomic E-state index is 12.1. The molecule has 0 aliphatic carbocycles. The van der Waals surface area contributed by atoms with Crippen molar-refractivity contribution in [3.05, 3.63) is 64.7 Å². The number of nitrogens with one attached hydrogen (secondary N) is 1. The number of morpholine rings is 1. The van der Waals surface area contributed by atoms with E-state index in [4.69, 9.17) is 16.3 Å². The Kier molecular flexibility index (Phi) is 6.50. The van der Waals surface area contributed by atoms with E-state index in [9.17, 15) is 9.90 Å². The van der Waals surface area contributed by atoms with Crippen LogP contribution in [0.15, 0.2) is 48.5 Å². The van der Waals surface area contributed by atoms with Crippen LogP contribution in [0.4, 0.5) is 5.69 Å². The van der Waals surface area contributed by atoms with Crippen LogP contribution in [-0.2, 0) is 16.0 Å². The van der Waals surface area contributed by atoms with Crippen molar-refractivity contribution in [2.24, 2.45) is 0 Å². The number of ether oxygens (including phenoxy) is 1. The number of amides is 1. The van der Waals surface area contributed by atoms with E-state index in [1.165, 1.54) is 0 Å². The number of aliphatic hydroxyl groups excluding tert-OH is 1. The minimum Gasteiger partial charge on any atom is -0.387 e. The Balaban J connectivity index is 1.50. The van der Waals surface area contributed by atoms with Crippen molar-refractivity contribution in [1.82, 2.24) is 5.32 Å². The third-order valence-electron chi connectivity index (χ3n) is 4.46. The van der Waals surface area contributed by atoms with Crippen LogP contribution in [0.5, 0.6) is 0 Å². The Morgan fingerprint density at radius 2 is 1.85 bits per heavy atom. The Labute approximate surface area is 158 Å². The third-order valence-corrected chi connectivity index (χ3v) is 4.82. The molecule has 1 aliphatic rings. The number of anilines is 1. The zero-order chi connectivity index (χ0) is 18.4. The maximum Gasteiger partial charge on any atom is 0.224 e. The van der Waals surface area contributed by atoms with Gasteiger partial charge in [0, 0.05) is 30.3 Å². The van der Waals surface area contributed by atoms with Gasteiger partial charge < -0.3 is 20.1 Å². The van der Waals surface area contributed by atoms with Gasteiger partial charge in [0.1, 0.15) is 0 Å². The quantitative estimate of drug-likeness (QED) is 0.815. The molecule has 3 rings (SSSR count). The predicted molar refractivity (Wildman–Crippen MR) is 103 cm³/mol. The molecule has 138 valence electrons. The van der Waals surface area contributed by atoms with Gasteiger partial charge >= 0.3 is 0 Å². The van der Waals surface area contributed by atoms with Gasteiger partial charge in [-0.25, -0.2) is 0 Å². The molecule has 5 nitrogen and oxygen atoms in total. The lowest BCUT2D eigenvalue weighted by Gasteiger charge is -2.29. The highest BCUT2D eigenvalue weighted by Gasteiger charge is 2.14. The summed E-state index contributed by atoms with van der Waals surface area (Å²) in [5, 5.41) is 13.6. The molecule has 0 spiro atoms. The lowest BCUT2D eigenvalue weighted by atomic mass is 10.1. The highest BCUT2D eigenvalue weighted by atomic mass is 35.5. The van der Waals surface area contributed by atoms with Crippen molar-refractivity contribution in [1.29, 1.82) is 0 Å². The number of halogens is 1. The highest BCUT2D eigenvalue weighted by molar-refractivity contribution is 6.31. The summed E-state index contributed by atoms with van der Waals surface area (Å²) in [6.45, 7) is 3.39. The summed E-state index contributed by atoms with van der Waals surface area (Å²) < 4.78 is 5.36. The molecule has 0 aromatic heterocycles. The number of nitrogens with zero attached hydrogens (tertiary/aromatic N) is 1. The fourth-order valence-electron chi connectivity index (χ4n) is 2.93. The van der Waals surface area contributed by atoms with Crippen molar-refractivity contribution < 1.29 is 14.6 Å². The minimum absolute atomic E-state index is 0.165. The normalized spacial score (nSPS) is 15.5. The van der Waals surface area contributed by atoms with E-state index in [1.807, 2.05) is 42.5 Å². The van der Waals surface area contributed by atoms with Crippen molar-refractivity contribution in [3.63, 3.8) is 0 Å². The number of hydrogen-bond acceptors (Lipinski definition) is 4. The molecule has 1 fully saturated rings. The zero-order valence-electron chi connectivity index (χ0n) is 14.5. The van der Waals surface area contributed by atoms with Gasteiger partial charge in [-0.1, -0.05) is 41.9 Å². The molecule has 0 saturated carbocycles. The van der Waals surface area contributed by atoms with E-state index in [0.29, 0.717) is 5.02 Å². The molecule has 0 radical (unpaired) electrons. The van der Waals surface area contributed by atoms with Crippen LogP contribution in [0.25, 0.3) is 0 Å². The van der Waals surface area contributed by atoms with E-state index >= 15 is 0 Å². The lowest BCUT2D eigenvalue weighted by Crippen LogP contribution is -2.36. The topological polar surface area (TPSA) is 61.8 Å². The van der Waals surface area contributed by atoms with Crippen LogP contribution in [-0.4, -0.2) is 43.9 Å². The monoisotopic (exact) mass is 374 g/mol. The number of rotatable bonds is 6. The minimum atomic E-state index is -0.746. The average Bonchev–Trinajstić information content (AvgIpc) is 2.69. The molecule has 1 atom stereocenters. The molecule has 2 N–H and O–H groups in total. The number of benzene rings is 2. The van der Waals surface area contributed by atoms with Crippen molar-refractivity contribution in [3.8, 4) is 0 Å². The van der Waals surface area contributed by atoms with Crippen LogP contribution in [0.1, 0.15) is 17.2 Å². The lowest BCUT2D eigenvalue weighted by molar-refractivity contribution is -0.120. The molecule has 2 aromatic carbocycles. The Bertz CT molecular complexity index is 730.